The van der Waals surface area contributed by atoms with Crippen LogP contribution in [0.4, 0.5) is 0 Å². The number of ether oxygens (including phenoxy) is 2. The summed E-state index contributed by atoms with van der Waals surface area (Å²) in [5.41, 5.74) is 7.21. The standard InChI is InChI=1S/C28H22ClN3O2/c1-33-28-24(21-14-15-22-20(17-21)13-8-16-34-22)26(29)30-27-23(18-9-4-2-5-10-18)25(31-32(27)28)19-11-6-3-7-12-19/h2-7,9-12,14-15,17H,8,13,16H2,1H3. The van der Waals surface area contributed by atoms with Crippen molar-refractivity contribution in [2.24, 2.45) is 0 Å². The van der Waals surface area contributed by atoms with E-state index in [0.717, 1.165) is 58.7 Å². The number of methoxy groups -OCH3 is 1. The van der Waals surface area contributed by atoms with Gasteiger partial charge in [0.05, 0.1) is 24.8 Å². The first kappa shape index (κ1) is 20.8. The molecular weight excluding hydrogens is 446 g/mol. The molecule has 6 heteroatoms. The molecule has 1 aliphatic rings. The minimum atomic E-state index is 0.373. The summed E-state index contributed by atoms with van der Waals surface area (Å²) in [6.45, 7) is 0.752. The maximum absolute atomic E-state index is 6.86. The summed E-state index contributed by atoms with van der Waals surface area (Å²) in [4.78, 5) is 4.85. The van der Waals surface area contributed by atoms with E-state index in [4.69, 9.17) is 31.2 Å². The van der Waals surface area contributed by atoms with Crippen LogP contribution in [0.1, 0.15) is 12.0 Å². The van der Waals surface area contributed by atoms with Crippen LogP contribution in [-0.4, -0.2) is 28.3 Å². The van der Waals surface area contributed by atoms with E-state index < -0.39 is 0 Å². The molecule has 0 N–H and O–H groups in total. The van der Waals surface area contributed by atoms with Crippen LogP contribution in [-0.2, 0) is 6.42 Å². The molecule has 0 radical (unpaired) electrons. The second kappa shape index (κ2) is 8.50. The molecule has 5 aromatic rings. The Hall–Kier alpha value is -3.83. The largest absolute Gasteiger partial charge is 0.493 e. The summed E-state index contributed by atoms with van der Waals surface area (Å²) in [5, 5.41) is 5.36. The van der Waals surface area contributed by atoms with E-state index in [2.05, 4.69) is 18.2 Å². The van der Waals surface area contributed by atoms with Crippen molar-refractivity contribution in [3.63, 3.8) is 0 Å². The number of rotatable bonds is 4. The average Bonchev–Trinajstić information content (AvgIpc) is 3.27. The second-order valence-electron chi connectivity index (χ2n) is 8.25. The first-order valence-corrected chi connectivity index (χ1v) is 11.7. The summed E-state index contributed by atoms with van der Waals surface area (Å²) < 4.78 is 13.5. The summed E-state index contributed by atoms with van der Waals surface area (Å²) in [6, 6.07) is 26.4. The lowest BCUT2D eigenvalue weighted by molar-refractivity contribution is 0.288. The SMILES string of the molecule is COc1c(-c2ccc3c(c2)CCCO3)c(Cl)nc2c(-c3ccccc3)c(-c3ccccc3)nn12. The van der Waals surface area contributed by atoms with Crippen molar-refractivity contribution in [1.29, 1.82) is 0 Å². The molecule has 0 spiro atoms. The van der Waals surface area contributed by atoms with Gasteiger partial charge in [0, 0.05) is 5.56 Å². The fourth-order valence-corrected chi connectivity index (χ4v) is 4.88. The van der Waals surface area contributed by atoms with Gasteiger partial charge < -0.3 is 9.47 Å². The molecule has 0 amide bonds. The van der Waals surface area contributed by atoms with Gasteiger partial charge in [-0.25, -0.2) is 4.98 Å². The van der Waals surface area contributed by atoms with Crippen LogP contribution >= 0.6 is 11.6 Å². The predicted molar refractivity (Wildman–Crippen MR) is 135 cm³/mol. The highest BCUT2D eigenvalue weighted by atomic mass is 35.5. The van der Waals surface area contributed by atoms with Gasteiger partial charge in [-0.05, 0) is 41.7 Å². The van der Waals surface area contributed by atoms with Crippen LogP contribution in [0, 0.1) is 0 Å². The minimum Gasteiger partial charge on any atom is -0.493 e. The van der Waals surface area contributed by atoms with Gasteiger partial charge in [-0.1, -0.05) is 78.3 Å². The third-order valence-electron chi connectivity index (χ3n) is 6.18. The van der Waals surface area contributed by atoms with Crippen LogP contribution in [0.2, 0.25) is 5.15 Å². The van der Waals surface area contributed by atoms with Gasteiger partial charge in [-0.15, -0.1) is 0 Å². The lowest BCUT2D eigenvalue weighted by Crippen LogP contribution is -2.08. The van der Waals surface area contributed by atoms with E-state index in [1.807, 2.05) is 60.7 Å². The first-order chi connectivity index (χ1) is 16.7. The highest BCUT2D eigenvalue weighted by molar-refractivity contribution is 6.32. The van der Waals surface area contributed by atoms with Crippen LogP contribution in [0.15, 0.2) is 78.9 Å². The molecule has 0 fully saturated rings. The van der Waals surface area contributed by atoms with E-state index in [0.29, 0.717) is 22.2 Å². The lowest BCUT2D eigenvalue weighted by atomic mass is 9.99. The molecule has 3 heterocycles. The van der Waals surface area contributed by atoms with Gasteiger partial charge in [-0.2, -0.15) is 9.61 Å². The van der Waals surface area contributed by atoms with E-state index in [1.165, 1.54) is 0 Å². The van der Waals surface area contributed by atoms with Crippen LogP contribution < -0.4 is 9.47 Å². The first-order valence-electron chi connectivity index (χ1n) is 11.3. The maximum atomic E-state index is 6.86. The van der Waals surface area contributed by atoms with Crippen molar-refractivity contribution in [2.75, 3.05) is 13.7 Å². The predicted octanol–water partition coefficient (Wildman–Crippen LogP) is 6.72. The van der Waals surface area contributed by atoms with Crippen molar-refractivity contribution in [3.05, 3.63) is 89.6 Å². The Labute approximate surface area is 202 Å². The number of hydrogen-bond donors (Lipinski definition) is 0. The van der Waals surface area contributed by atoms with E-state index >= 15 is 0 Å². The molecule has 0 atom stereocenters. The number of aromatic nitrogens is 3. The van der Waals surface area contributed by atoms with E-state index in [-0.39, 0.29) is 0 Å². The highest BCUT2D eigenvalue weighted by Gasteiger charge is 2.25. The van der Waals surface area contributed by atoms with Crippen molar-refractivity contribution in [1.82, 2.24) is 14.6 Å². The Kier molecular flexibility index (Phi) is 5.19. The molecule has 2 aromatic heterocycles. The van der Waals surface area contributed by atoms with Crippen molar-refractivity contribution in [3.8, 4) is 45.1 Å². The number of fused-ring (bicyclic) bond motifs is 2. The fourth-order valence-electron chi connectivity index (χ4n) is 4.61. The van der Waals surface area contributed by atoms with Crippen LogP contribution in [0.25, 0.3) is 39.2 Å². The second-order valence-corrected chi connectivity index (χ2v) is 8.61. The quantitative estimate of drug-likeness (QED) is 0.275. The van der Waals surface area contributed by atoms with Crippen LogP contribution in [0.5, 0.6) is 11.6 Å². The molecule has 3 aromatic carbocycles. The van der Waals surface area contributed by atoms with Gasteiger partial charge in [0.2, 0.25) is 5.88 Å². The maximum Gasteiger partial charge on any atom is 0.227 e. The summed E-state index contributed by atoms with van der Waals surface area (Å²) >= 11 is 6.86. The molecule has 0 unspecified atom stereocenters. The topological polar surface area (TPSA) is 48.7 Å². The Balaban J connectivity index is 1.64. The monoisotopic (exact) mass is 467 g/mol. The van der Waals surface area contributed by atoms with Gasteiger partial charge >= 0.3 is 0 Å². The molecule has 168 valence electrons. The van der Waals surface area contributed by atoms with Gasteiger partial charge in [-0.3, -0.25) is 0 Å². The molecule has 6 rings (SSSR count). The number of nitrogens with zero attached hydrogens (tertiary/aromatic N) is 3. The summed E-state index contributed by atoms with van der Waals surface area (Å²) in [5.74, 6) is 1.47. The molecule has 0 saturated heterocycles. The number of benzene rings is 3. The molecule has 0 aliphatic carbocycles. The van der Waals surface area contributed by atoms with E-state index in [1.54, 1.807) is 11.6 Å². The summed E-state index contributed by atoms with van der Waals surface area (Å²) in [7, 11) is 1.64. The Morgan fingerprint density at radius 3 is 2.35 bits per heavy atom. The van der Waals surface area contributed by atoms with Gasteiger partial charge in [0.15, 0.2) is 5.65 Å². The third kappa shape index (κ3) is 3.40. The normalized spacial score (nSPS) is 12.9. The summed E-state index contributed by atoms with van der Waals surface area (Å²) in [6.07, 6.45) is 1.97. The van der Waals surface area contributed by atoms with Gasteiger partial charge in [0.1, 0.15) is 16.6 Å². The molecule has 0 bridgehead atoms. The average molecular weight is 468 g/mol. The zero-order chi connectivity index (χ0) is 23.1. The third-order valence-corrected chi connectivity index (χ3v) is 6.45. The molecule has 5 nitrogen and oxygen atoms in total. The zero-order valence-electron chi connectivity index (χ0n) is 18.7. The van der Waals surface area contributed by atoms with Crippen molar-refractivity contribution < 1.29 is 9.47 Å². The fraction of sp³-hybridized carbons (Fsp3) is 0.143. The smallest absolute Gasteiger partial charge is 0.227 e. The van der Waals surface area contributed by atoms with Crippen molar-refractivity contribution >= 4 is 17.2 Å². The van der Waals surface area contributed by atoms with Crippen molar-refractivity contribution in [2.45, 2.75) is 12.8 Å². The highest BCUT2D eigenvalue weighted by Crippen LogP contribution is 2.42. The van der Waals surface area contributed by atoms with E-state index in [9.17, 15) is 0 Å². The minimum absolute atomic E-state index is 0.373. The molecule has 1 aliphatic heterocycles. The molecule has 34 heavy (non-hydrogen) atoms. The number of aryl methyl sites for hydroxylation is 1. The molecular formula is C28H22ClN3O2. The molecule has 0 saturated carbocycles. The van der Waals surface area contributed by atoms with Crippen LogP contribution in [0.3, 0.4) is 0 Å². The Morgan fingerprint density at radius 2 is 1.62 bits per heavy atom. The Morgan fingerprint density at radius 1 is 0.882 bits per heavy atom. The number of halogens is 1. The lowest BCUT2D eigenvalue weighted by Gasteiger charge is -2.19. The number of hydrogen-bond acceptors (Lipinski definition) is 4. The zero-order valence-corrected chi connectivity index (χ0v) is 19.4. The Bertz CT molecular complexity index is 1500. The van der Waals surface area contributed by atoms with Gasteiger partial charge in [0.25, 0.3) is 0 Å².